The van der Waals surface area contributed by atoms with Crippen molar-refractivity contribution in [2.45, 2.75) is 30.5 Å². The second-order valence-electron chi connectivity index (χ2n) is 3.81. The molecule has 0 amide bonds. The highest BCUT2D eigenvalue weighted by atomic mass is 16.5. The van der Waals surface area contributed by atoms with E-state index >= 15 is 0 Å². The maximum absolute atomic E-state index is 11.1. The molecule has 0 aliphatic rings. The number of hydrogen-bond acceptors (Lipinski definition) is 9. The zero-order chi connectivity index (χ0) is 15.0. The predicted octanol–water partition coefficient (Wildman–Crippen LogP) is -4.43. The van der Waals surface area contributed by atoms with Gasteiger partial charge in [-0.05, 0) is 0 Å². The Kier molecular flexibility index (Phi) is 8.59. The van der Waals surface area contributed by atoms with Crippen molar-refractivity contribution in [1.82, 2.24) is 0 Å². The van der Waals surface area contributed by atoms with Crippen LogP contribution in [0.1, 0.15) is 0 Å². The van der Waals surface area contributed by atoms with E-state index in [0.717, 1.165) is 0 Å². The van der Waals surface area contributed by atoms with Gasteiger partial charge in [0.05, 0.1) is 13.2 Å². The number of rotatable bonds is 10. The first-order valence-electron chi connectivity index (χ1n) is 5.42. The fraction of sp³-hybridized carbons (Fsp3) is 0.800. The van der Waals surface area contributed by atoms with Gasteiger partial charge in [0.25, 0.3) is 0 Å². The van der Waals surface area contributed by atoms with Crippen molar-refractivity contribution in [1.29, 1.82) is 0 Å². The van der Waals surface area contributed by atoms with Gasteiger partial charge in [0.1, 0.15) is 37.1 Å². The van der Waals surface area contributed by atoms with Crippen molar-refractivity contribution in [3.05, 3.63) is 0 Å². The van der Waals surface area contributed by atoms with Crippen LogP contribution < -0.4 is 0 Å². The quantitative estimate of drug-likeness (QED) is 0.217. The highest BCUT2D eigenvalue weighted by Crippen LogP contribution is 2.07. The van der Waals surface area contributed by atoms with Crippen molar-refractivity contribution in [2.75, 3.05) is 19.8 Å². The number of Topliss-reactive ketones (excluding diaryl/α,β-unsaturated/α-hetero) is 1. The van der Waals surface area contributed by atoms with Crippen LogP contribution in [-0.2, 0) is 14.3 Å². The average molecular weight is 282 g/mol. The summed E-state index contributed by atoms with van der Waals surface area (Å²) in [5.41, 5.74) is 0. The number of ether oxygens (including phenoxy) is 1. The standard InChI is InChI=1S/C10H18O9/c11-1-5(14)7(16)4-19-8(3-13)10(18)9(17)6(15)2-12/h3,5-6,8-12,14-15,17-18H,1-2,4H2/t5?,6-,8+,9-,10-/m1/s1. The van der Waals surface area contributed by atoms with Crippen molar-refractivity contribution in [3.8, 4) is 0 Å². The van der Waals surface area contributed by atoms with E-state index in [4.69, 9.17) is 20.4 Å². The van der Waals surface area contributed by atoms with Crippen LogP contribution in [0.25, 0.3) is 0 Å². The smallest absolute Gasteiger partial charge is 0.189 e. The molecule has 0 aliphatic heterocycles. The summed E-state index contributed by atoms with van der Waals surface area (Å²) in [5, 5.41) is 53.9. The number of hydrogen-bond donors (Lipinski definition) is 6. The summed E-state index contributed by atoms with van der Waals surface area (Å²) in [5.74, 6) is -0.918. The summed E-state index contributed by atoms with van der Waals surface area (Å²) in [7, 11) is 0. The Balaban J connectivity index is 4.42. The fourth-order valence-corrected chi connectivity index (χ4v) is 1.12. The van der Waals surface area contributed by atoms with Gasteiger partial charge in [0.15, 0.2) is 12.1 Å². The van der Waals surface area contributed by atoms with Crippen LogP contribution in [0.15, 0.2) is 0 Å². The largest absolute Gasteiger partial charge is 0.394 e. The summed E-state index contributed by atoms with van der Waals surface area (Å²) in [6.45, 7) is -2.43. The van der Waals surface area contributed by atoms with Gasteiger partial charge in [-0.3, -0.25) is 4.79 Å². The molecule has 0 aromatic rings. The third-order valence-corrected chi connectivity index (χ3v) is 2.36. The summed E-state index contributed by atoms with van der Waals surface area (Å²) < 4.78 is 4.66. The molecule has 0 aliphatic carbocycles. The zero-order valence-electron chi connectivity index (χ0n) is 9.99. The van der Waals surface area contributed by atoms with Gasteiger partial charge in [0, 0.05) is 0 Å². The van der Waals surface area contributed by atoms with Crippen LogP contribution in [0.2, 0.25) is 0 Å². The van der Waals surface area contributed by atoms with Gasteiger partial charge >= 0.3 is 0 Å². The van der Waals surface area contributed by atoms with E-state index in [9.17, 15) is 19.8 Å². The summed E-state index contributed by atoms with van der Waals surface area (Å²) in [6.07, 6.45) is -8.60. The molecule has 0 spiro atoms. The lowest BCUT2D eigenvalue weighted by Crippen LogP contribution is -2.48. The number of aldehydes is 1. The molecular formula is C10H18O9. The molecule has 112 valence electrons. The number of carbonyl (C=O) groups excluding carboxylic acids is 2. The minimum absolute atomic E-state index is 0.0938. The van der Waals surface area contributed by atoms with E-state index in [0.29, 0.717) is 0 Å². The minimum Gasteiger partial charge on any atom is -0.394 e. The van der Waals surface area contributed by atoms with E-state index in [1.54, 1.807) is 0 Å². The highest BCUT2D eigenvalue weighted by molar-refractivity contribution is 5.84. The molecule has 0 saturated heterocycles. The Morgan fingerprint density at radius 3 is 2.05 bits per heavy atom. The Morgan fingerprint density at radius 2 is 1.63 bits per heavy atom. The Morgan fingerprint density at radius 1 is 1.05 bits per heavy atom. The van der Waals surface area contributed by atoms with Crippen LogP contribution in [0.3, 0.4) is 0 Å². The van der Waals surface area contributed by atoms with Gasteiger partial charge in [-0.25, -0.2) is 0 Å². The molecular weight excluding hydrogens is 264 g/mol. The molecule has 0 fully saturated rings. The van der Waals surface area contributed by atoms with E-state index in [-0.39, 0.29) is 6.29 Å². The summed E-state index contributed by atoms with van der Waals surface area (Å²) in [6, 6.07) is 0. The lowest BCUT2D eigenvalue weighted by molar-refractivity contribution is -0.154. The number of aliphatic hydroxyl groups is 6. The first-order valence-corrected chi connectivity index (χ1v) is 5.42. The molecule has 9 heteroatoms. The van der Waals surface area contributed by atoms with Gasteiger partial charge in [-0.2, -0.15) is 0 Å². The first-order chi connectivity index (χ1) is 8.88. The molecule has 9 nitrogen and oxygen atoms in total. The molecule has 5 atom stereocenters. The molecule has 0 aromatic carbocycles. The minimum atomic E-state index is -1.86. The van der Waals surface area contributed by atoms with Crippen molar-refractivity contribution in [3.63, 3.8) is 0 Å². The molecule has 0 radical (unpaired) electrons. The molecule has 0 saturated carbocycles. The zero-order valence-corrected chi connectivity index (χ0v) is 9.99. The van der Waals surface area contributed by atoms with Gasteiger partial charge in [0.2, 0.25) is 0 Å². The van der Waals surface area contributed by atoms with Crippen LogP contribution >= 0.6 is 0 Å². The lowest BCUT2D eigenvalue weighted by Gasteiger charge is -2.25. The van der Waals surface area contributed by atoms with Crippen molar-refractivity contribution in [2.24, 2.45) is 0 Å². The molecule has 19 heavy (non-hydrogen) atoms. The monoisotopic (exact) mass is 282 g/mol. The topological polar surface area (TPSA) is 165 Å². The number of carbonyl (C=O) groups is 2. The van der Waals surface area contributed by atoms with E-state index in [2.05, 4.69) is 4.74 Å². The van der Waals surface area contributed by atoms with Crippen molar-refractivity contribution >= 4 is 12.1 Å². The molecule has 0 rings (SSSR count). The normalized spacial score (nSPS) is 19.3. The van der Waals surface area contributed by atoms with Gasteiger partial charge in [-0.15, -0.1) is 0 Å². The van der Waals surface area contributed by atoms with Crippen LogP contribution in [0.4, 0.5) is 0 Å². The predicted molar refractivity (Wildman–Crippen MR) is 59.0 cm³/mol. The third kappa shape index (κ3) is 5.70. The lowest BCUT2D eigenvalue weighted by atomic mass is 10.0. The number of ketones is 1. The van der Waals surface area contributed by atoms with E-state index in [1.807, 2.05) is 0 Å². The van der Waals surface area contributed by atoms with E-state index < -0.39 is 56.1 Å². The Bertz CT molecular complexity index is 282. The molecule has 1 unspecified atom stereocenters. The highest BCUT2D eigenvalue weighted by Gasteiger charge is 2.32. The van der Waals surface area contributed by atoms with E-state index in [1.165, 1.54) is 0 Å². The maximum atomic E-state index is 11.1. The maximum Gasteiger partial charge on any atom is 0.189 e. The Hall–Kier alpha value is -0.940. The second kappa shape index (κ2) is 9.04. The van der Waals surface area contributed by atoms with Gasteiger partial charge in [-0.1, -0.05) is 0 Å². The first kappa shape index (κ1) is 18.1. The molecule has 0 heterocycles. The summed E-state index contributed by atoms with van der Waals surface area (Å²) in [4.78, 5) is 21.7. The van der Waals surface area contributed by atoms with Crippen molar-refractivity contribution < 1.29 is 45.0 Å². The second-order valence-corrected chi connectivity index (χ2v) is 3.81. The SMILES string of the molecule is O=C[C@H](OCC(=O)C(O)CO)[C@@H](O)[C@H](O)[C@H](O)CO. The third-order valence-electron chi connectivity index (χ3n) is 2.36. The fourth-order valence-electron chi connectivity index (χ4n) is 1.12. The molecule has 0 bridgehead atoms. The molecule has 6 N–H and O–H groups in total. The van der Waals surface area contributed by atoms with Crippen LogP contribution in [-0.4, -0.2) is 93.0 Å². The van der Waals surface area contributed by atoms with Crippen LogP contribution in [0, 0.1) is 0 Å². The summed E-state index contributed by atoms with van der Waals surface area (Å²) >= 11 is 0. The Labute approximate surface area is 108 Å². The molecule has 0 aromatic heterocycles. The van der Waals surface area contributed by atoms with Gasteiger partial charge < -0.3 is 40.2 Å². The number of aliphatic hydroxyl groups excluding tert-OH is 6. The van der Waals surface area contributed by atoms with Crippen LogP contribution in [0.5, 0.6) is 0 Å². The average Bonchev–Trinajstić information content (AvgIpc) is 2.44.